The number of hydrogen-bond acceptors (Lipinski definition) is 4. The molecule has 0 rings (SSSR count). The number of hydrogen-bond donors (Lipinski definition) is 0. The molecule has 0 saturated carbocycles. The molecule has 0 aromatic rings. The van der Waals surface area contributed by atoms with Crippen molar-refractivity contribution in [3.8, 4) is 0 Å². The van der Waals surface area contributed by atoms with Crippen molar-refractivity contribution < 1.29 is 57.0 Å². The fourth-order valence-electron chi connectivity index (χ4n) is 0. The molecule has 8 heavy (non-hydrogen) atoms. The van der Waals surface area contributed by atoms with Gasteiger partial charge in [0.15, 0.2) is 0 Å². The van der Waals surface area contributed by atoms with Gasteiger partial charge >= 0.3 is 51.9 Å². The van der Waals surface area contributed by atoms with Crippen molar-refractivity contribution in [3.05, 3.63) is 21.9 Å². The topological polar surface area (TPSA) is 90.0 Å². The van der Waals surface area contributed by atoms with Crippen molar-refractivity contribution >= 4 is 0 Å². The van der Waals surface area contributed by atoms with E-state index in [1.54, 1.807) is 0 Å². The molecule has 0 spiro atoms. The summed E-state index contributed by atoms with van der Waals surface area (Å²) >= 11 is 0. The maximum absolute atomic E-state index is 8.25. The summed E-state index contributed by atoms with van der Waals surface area (Å²) in [5.74, 6) is 0. The smallest absolute Gasteiger partial charge is 0.512 e. The van der Waals surface area contributed by atoms with Crippen molar-refractivity contribution in [1.29, 1.82) is 5.26 Å². The van der Waals surface area contributed by atoms with E-state index in [9.17, 15) is 0 Å². The first kappa shape index (κ1) is 23.7. The van der Waals surface area contributed by atoms with Crippen molar-refractivity contribution in [2.45, 2.75) is 0 Å². The maximum Gasteiger partial charge on any atom is 1.00 e. The molecule has 0 radical (unpaired) electrons. The van der Waals surface area contributed by atoms with Crippen LogP contribution in [0.5, 0.6) is 0 Å². The van der Waals surface area contributed by atoms with Crippen LogP contribution in [0.4, 0.5) is 0 Å². The Morgan fingerprint density at radius 1 is 1.38 bits per heavy atom. The Hall–Kier alpha value is 0.430. The fourth-order valence-corrected chi connectivity index (χ4v) is 0. The second-order valence-corrected chi connectivity index (χ2v) is 0.224. The largest absolute Gasteiger partial charge is 1.00 e. The molecule has 0 N–H and O–H groups in total. The SMILES string of the molecule is O=[N+]([O-])[O-].[Ag+].[C-]#N.[Na+]. The fraction of sp³-hybridized carbons (Fsp3) is 0. The molecule has 0 bridgehead atoms. The van der Waals surface area contributed by atoms with Crippen LogP contribution in [0, 0.1) is 27.2 Å². The van der Waals surface area contributed by atoms with Crippen LogP contribution in [-0.2, 0) is 22.4 Å². The Kier molecular flexibility index (Phi) is 77.4. The minimum Gasteiger partial charge on any atom is -0.512 e. The molecule has 44 valence electrons. The zero-order valence-corrected chi connectivity index (χ0v) is 7.40. The second-order valence-electron chi connectivity index (χ2n) is 0.224. The normalized spacial score (nSPS) is 3.25. The quantitative estimate of drug-likeness (QED) is 0.186. The van der Waals surface area contributed by atoms with Crippen LogP contribution < -0.4 is 29.6 Å². The van der Waals surface area contributed by atoms with Crippen LogP contribution in [0.2, 0.25) is 0 Å². The van der Waals surface area contributed by atoms with Crippen LogP contribution in [0.1, 0.15) is 0 Å². The van der Waals surface area contributed by atoms with E-state index in [2.05, 4.69) is 0 Å². The van der Waals surface area contributed by atoms with E-state index in [0.717, 1.165) is 0 Å². The predicted octanol–water partition coefficient (Wildman–Crippen LogP) is -3.14. The molecule has 0 aliphatic heterocycles. The molecule has 0 amide bonds. The van der Waals surface area contributed by atoms with Crippen LogP contribution in [0.25, 0.3) is 0 Å². The molecule has 0 aromatic heterocycles. The van der Waals surface area contributed by atoms with Crippen molar-refractivity contribution in [2.75, 3.05) is 0 Å². The zero-order valence-electron chi connectivity index (χ0n) is 3.92. The molecular formula is CAgN2NaO3. The summed E-state index contributed by atoms with van der Waals surface area (Å²) in [6, 6.07) is 0. The van der Waals surface area contributed by atoms with Gasteiger partial charge in [-0.1, -0.05) is 0 Å². The Balaban J connectivity index is -0.0000000183. The molecule has 0 aliphatic rings. The summed E-state index contributed by atoms with van der Waals surface area (Å²) in [5, 5.41) is 21.0. The van der Waals surface area contributed by atoms with Crippen LogP contribution in [0.3, 0.4) is 0 Å². The Morgan fingerprint density at radius 2 is 1.38 bits per heavy atom. The molecular weight excluding hydrogens is 219 g/mol. The van der Waals surface area contributed by atoms with Gasteiger partial charge in [-0.15, -0.1) is 0 Å². The van der Waals surface area contributed by atoms with Crippen molar-refractivity contribution in [3.63, 3.8) is 0 Å². The first-order chi connectivity index (χ1) is 2.73. The standard InChI is InChI=1S/CN.Ag.NO3.Na/c1-2;;2-1(3)4;/q-1;+1;-1;+1. The summed E-state index contributed by atoms with van der Waals surface area (Å²) in [7, 11) is 0. The maximum atomic E-state index is 8.25. The summed E-state index contributed by atoms with van der Waals surface area (Å²) in [6.07, 6.45) is 0. The third-order valence-electron chi connectivity index (χ3n) is 0. The monoisotopic (exact) mass is 218 g/mol. The molecule has 7 heteroatoms. The first-order valence-corrected chi connectivity index (χ1v) is 0.771. The first-order valence-electron chi connectivity index (χ1n) is 0.771. The van der Waals surface area contributed by atoms with Gasteiger partial charge in [0, 0.05) is 0 Å². The van der Waals surface area contributed by atoms with Crippen LogP contribution in [-0.4, -0.2) is 5.09 Å². The van der Waals surface area contributed by atoms with E-state index < -0.39 is 5.09 Å². The molecule has 0 unspecified atom stereocenters. The minimum absolute atomic E-state index is 0. The molecule has 0 heterocycles. The van der Waals surface area contributed by atoms with Gasteiger partial charge < -0.3 is 27.2 Å². The summed E-state index contributed by atoms with van der Waals surface area (Å²) in [4.78, 5) is 8.25. The van der Waals surface area contributed by atoms with E-state index in [-0.39, 0.29) is 51.9 Å². The Labute approximate surface area is 83.6 Å². The Bertz CT molecular complexity index is 61.5. The molecule has 5 nitrogen and oxygen atoms in total. The van der Waals surface area contributed by atoms with Gasteiger partial charge in [0.25, 0.3) is 0 Å². The molecule has 0 aliphatic carbocycles. The molecule has 0 atom stereocenters. The van der Waals surface area contributed by atoms with Crippen LogP contribution in [0.15, 0.2) is 0 Å². The van der Waals surface area contributed by atoms with E-state index in [0.29, 0.717) is 0 Å². The van der Waals surface area contributed by atoms with E-state index in [1.165, 1.54) is 0 Å². The van der Waals surface area contributed by atoms with Crippen molar-refractivity contribution in [1.82, 2.24) is 0 Å². The zero-order chi connectivity index (χ0) is 5.58. The van der Waals surface area contributed by atoms with Gasteiger partial charge in [-0.25, -0.2) is 0 Å². The predicted molar refractivity (Wildman–Crippen MR) is 15.3 cm³/mol. The van der Waals surface area contributed by atoms with E-state index >= 15 is 0 Å². The van der Waals surface area contributed by atoms with E-state index in [1.807, 2.05) is 0 Å². The van der Waals surface area contributed by atoms with Gasteiger partial charge in [-0.05, 0) is 0 Å². The summed E-state index contributed by atoms with van der Waals surface area (Å²) in [5.41, 5.74) is 0. The number of rotatable bonds is 0. The second kappa shape index (κ2) is 26.1. The van der Waals surface area contributed by atoms with E-state index in [4.69, 9.17) is 27.2 Å². The van der Waals surface area contributed by atoms with Gasteiger partial charge in [0.2, 0.25) is 0 Å². The summed E-state index contributed by atoms with van der Waals surface area (Å²) in [6.45, 7) is 4.75. The van der Waals surface area contributed by atoms with Gasteiger partial charge in [0.05, 0.1) is 5.09 Å². The molecule has 0 fully saturated rings. The third kappa shape index (κ3) is 1020. The third-order valence-corrected chi connectivity index (χ3v) is 0. The average molecular weight is 219 g/mol. The van der Waals surface area contributed by atoms with Gasteiger partial charge in [0.1, 0.15) is 0 Å². The Morgan fingerprint density at radius 3 is 1.38 bits per heavy atom. The van der Waals surface area contributed by atoms with Gasteiger partial charge in [-0.2, -0.15) is 0 Å². The minimum atomic E-state index is -1.75. The van der Waals surface area contributed by atoms with Crippen molar-refractivity contribution in [2.24, 2.45) is 0 Å². The summed E-state index contributed by atoms with van der Waals surface area (Å²) < 4.78 is 0. The van der Waals surface area contributed by atoms with Crippen LogP contribution >= 0.6 is 0 Å². The molecule has 0 aromatic carbocycles. The van der Waals surface area contributed by atoms with Gasteiger partial charge in [-0.3, -0.25) is 0 Å². The number of nitrogens with zero attached hydrogens (tertiary/aromatic N) is 2. The molecule has 0 saturated heterocycles. The average Bonchev–Trinajstić information content (AvgIpc) is 1.41.